The molecule has 3 nitrogen and oxygen atoms in total. The number of halogens is 1. The Morgan fingerprint density at radius 3 is 2.61 bits per heavy atom. The van der Waals surface area contributed by atoms with Gasteiger partial charge in [0, 0.05) is 17.6 Å². The highest BCUT2D eigenvalue weighted by atomic mass is 35.5. The molecule has 1 heterocycles. The van der Waals surface area contributed by atoms with Crippen molar-refractivity contribution in [1.29, 1.82) is 0 Å². The minimum absolute atomic E-state index is 0. The van der Waals surface area contributed by atoms with Gasteiger partial charge in [0.1, 0.15) is 0 Å². The molecule has 2 N–H and O–H groups in total. The first kappa shape index (κ1) is 15.0. The van der Waals surface area contributed by atoms with Crippen LogP contribution in [-0.2, 0) is 0 Å². The molecule has 1 aromatic carbocycles. The van der Waals surface area contributed by atoms with Crippen LogP contribution in [0.1, 0.15) is 35.7 Å². The van der Waals surface area contributed by atoms with E-state index in [1.165, 1.54) is 5.56 Å². The molecule has 0 aliphatic carbocycles. The molecule has 0 saturated carbocycles. The maximum atomic E-state index is 12.0. The second kappa shape index (κ2) is 6.76. The molecule has 0 radical (unpaired) electrons. The van der Waals surface area contributed by atoms with Crippen LogP contribution in [0, 0.1) is 6.92 Å². The molecule has 2 unspecified atom stereocenters. The van der Waals surface area contributed by atoms with E-state index in [0.717, 1.165) is 24.9 Å². The Morgan fingerprint density at radius 2 is 2.00 bits per heavy atom. The Bertz CT molecular complexity index is 391. The van der Waals surface area contributed by atoms with Crippen molar-refractivity contribution in [2.24, 2.45) is 0 Å². The normalized spacial score (nSPS) is 23.0. The van der Waals surface area contributed by atoms with Gasteiger partial charge >= 0.3 is 0 Å². The molecule has 0 aromatic heterocycles. The lowest BCUT2D eigenvalue weighted by Crippen LogP contribution is -2.46. The van der Waals surface area contributed by atoms with E-state index in [2.05, 4.69) is 17.6 Å². The molecule has 2 atom stereocenters. The number of nitrogens with one attached hydrogen (secondary N) is 2. The smallest absolute Gasteiger partial charge is 0.251 e. The van der Waals surface area contributed by atoms with Crippen LogP contribution in [0.15, 0.2) is 24.3 Å². The number of piperidine rings is 1. The van der Waals surface area contributed by atoms with E-state index < -0.39 is 0 Å². The van der Waals surface area contributed by atoms with Crippen molar-refractivity contribution in [3.63, 3.8) is 0 Å². The summed E-state index contributed by atoms with van der Waals surface area (Å²) in [4.78, 5) is 12.0. The van der Waals surface area contributed by atoms with E-state index in [9.17, 15) is 4.79 Å². The summed E-state index contributed by atoms with van der Waals surface area (Å²) in [6.45, 7) is 5.17. The van der Waals surface area contributed by atoms with Gasteiger partial charge in [-0.3, -0.25) is 4.79 Å². The monoisotopic (exact) mass is 268 g/mol. The zero-order valence-corrected chi connectivity index (χ0v) is 11.7. The molecule has 1 saturated heterocycles. The lowest BCUT2D eigenvalue weighted by molar-refractivity contribution is 0.0925. The fourth-order valence-corrected chi connectivity index (χ4v) is 2.24. The maximum absolute atomic E-state index is 12.0. The Kier molecular flexibility index (Phi) is 5.63. The van der Waals surface area contributed by atoms with Crippen molar-refractivity contribution in [1.82, 2.24) is 10.6 Å². The highest BCUT2D eigenvalue weighted by Gasteiger charge is 2.20. The highest BCUT2D eigenvalue weighted by Crippen LogP contribution is 2.10. The van der Waals surface area contributed by atoms with E-state index in [1.54, 1.807) is 0 Å². The van der Waals surface area contributed by atoms with Crippen molar-refractivity contribution in [2.75, 3.05) is 6.54 Å². The number of rotatable bonds is 2. The number of amides is 1. The molecule has 18 heavy (non-hydrogen) atoms. The highest BCUT2D eigenvalue weighted by molar-refractivity contribution is 5.94. The number of aryl methyl sites for hydroxylation is 1. The molecule has 1 aromatic rings. The van der Waals surface area contributed by atoms with Crippen molar-refractivity contribution >= 4 is 18.3 Å². The van der Waals surface area contributed by atoms with Crippen LogP contribution in [0.5, 0.6) is 0 Å². The van der Waals surface area contributed by atoms with E-state index in [0.29, 0.717) is 12.1 Å². The van der Waals surface area contributed by atoms with Gasteiger partial charge in [-0.2, -0.15) is 0 Å². The molecular formula is C14H21ClN2O. The van der Waals surface area contributed by atoms with Gasteiger partial charge in [0.25, 0.3) is 5.91 Å². The van der Waals surface area contributed by atoms with Crippen LogP contribution in [0.2, 0.25) is 0 Å². The van der Waals surface area contributed by atoms with Gasteiger partial charge in [-0.25, -0.2) is 0 Å². The summed E-state index contributed by atoms with van der Waals surface area (Å²) in [6.07, 6.45) is 2.03. The standard InChI is InChI=1S/C14H20N2O.ClH/c1-10-3-5-12(6-4-10)14(17)16-13-7-8-15-11(2)9-13;/h3-6,11,13,15H,7-9H2,1-2H3,(H,16,17);1H. The maximum Gasteiger partial charge on any atom is 0.251 e. The second-order valence-corrected chi connectivity index (χ2v) is 4.92. The predicted octanol–water partition coefficient (Wildman–Crippen LogP) is 2.29. The van der Waals surface area contributed by atoms with Crippen LogP contribution in [0.4, 0.5) is 0 Å². The van der Waals surface area contributed by atoms with Crippen LogP contribution < -0.4 is 10.6 Å². The van der Waals surface area contributed by atoms with Crippen molar-refractivity contribution in [2.45, 2.75) is 38.8 Å². The Hall–Kier alpha value is -1.06. The van der Waals surface area contributed by atoms with E-state index in [4.69, 9.17) is 0 Å². The van der Waals surface area contributed by atoms with E-state index in [1.807, 2.05) is 31.2 Å². The SMILES string of the molecule is Cc1ccc(C(=O)NC2CCNC(C)C2)cc1.Cl. The molecule has 100 valence electrons. The second-order valence-electron chi connectivity index (χ2n) is 4.92. The number of benzene rings is 1. The van der Waals surface area contributed by atoms with Gasteiger partial charge in [-0.05, 0) is 45.4 Å². The molecule has 2 rings (SSSR count). The summed E-state index contributed by atoms with van der Waals surface area (Å²) in [6, 6.07) is 8.51. The minimum Gasteiger partial charge on any atom is -0.349 e. The summed E-state index contributed by atoms with van der Waals surface area (Å²) in [5.74, 6) is 0.0455. The number of hydrogen-bond donors (Lipinski definition) is 2. The number of carbonyl (C=O) groups is 1. The Morgan fingerprint density at radius 1 is 1.33 bits per heavy atom. The lowest BCUT2D eigenvalue weighted by atomic mass is 10.00. The average molecular weight is 269 g/mol. The van der Waals surface area contributed by atoms with Crippen LogP contribution in [0.25, 0.3) is 0 Å². The lowest BCUT2D eigenvalue weighted by Gasteiger charge is -2.28. The summed E-state index contributed by atoms with van der Waals surface area (Å²) >= 11 is 0. The zero-order valence-electron chi connectivity index (χ0n) is 10.9. The third-order valence-electron chi connectivity index (χ3n) is 3.27. The first-order chi connectivity index (χ1) is 8.15. The molecule has 0 bridgehead atoms. The third kappa shape index (κ3) is 4.00. The van der Waals surface area contributed by atoms with Crippen LogP contribution >= 0.6 is 12.4 Å². The largest absolute Gasteiger partial charge is 0.349 e. The first-order valence-electron chi connectivity index (χ1n) is 6.26. The quantitative estimate of drug-likeness (QED) is 0.864. The van der Waals surface area contributed by atoms with E-state index in [-0.39, 0.29) is 18.3 Å². The van der Waals surface area contributed by atoms with Gasteiger partial charge in [-0.15, -0.1) is 12.4 Å². The fraction of sp³-hybridized carbons (Fsp3) is 0.500. The third-order valence-corrected chi connectivity index (χ3v) is 3.27. The average Bonchev–Trinajstić information content (AvgIpc) is 2.29. The summed E-state index contributed by atoms with van der Waals surface area (Å²) in [5, 5.41) is 6.49. The Balaban J connectivity index is 0.00000162. The van der Waals surface area contributed by atoms with Crippen molar-refractivity contribution < 1.29 is 4.79 Å². The van der Waals surface area contributed by atoms with Gasteiger partial charge in [0.15, 0.2) is 0 Å². The molecule has 1 amide bonds. The van der Waals surface area contributed by atoms with Gasteiger partial charge in [-0.1, -0.05) is 17.7 Å². The molecule has 0 spiro atoms. The Labute approximate surface area is 115 Å². The number of carbonyl (C=O) groups excluding carboxylic acids is 1. The fourth-order valence-electron chi connectivity index (χ4n) is 2.24. The summed E-state index contributed by atoms with van der Waals surface area (Å²) in [7, 11) is 0. The van der Waals surface area contributed by atoms with Gasteiger partial charge in [0.05, 0.1) is 0 Å². The van der Waals surface area contributed by atoms with Crippen molar-refractivity contribution in [3.05, 3.63) is 35.4 Å². The molecule has 1 aliphatic heterocycles. The topological polar surface area (TPSA) is 41.1 Å². The van der Waals surface area contributed by atoms with Crippen LogP contribution in [-0.4, -0.2) is 24.5 Å². The predicted molar refractivity (Wildman–Crippen MR) is 76.4 cm³/mol. The minimum atomic E-state index is 0. The molecule has 4 heteroatoms. The van der Waals surface area contributed by atoms with Crippen LogP contribution in [0.3, 0.4) is 0 Å². The molecule has 1 fully saturated rings. The van der Waals surface area contributed by atoms with Gasteiger partial charge < -0.3 is 10.6 Å². The first-order valence-corrected chi connectivity index (χ1v) is 6.26. The summed E-state index contributed by atoms with van der Waals surface area (Å²) < 4.78 is 0. The molecular weight excluding hydrogens is 248 g/mol. The zero-order chi connectivity index (χ0) is 12.3. The van der Waals surface area contributed by atoms with Crippen molar-refractivity contribution in [3.8, 4) is 0 Å². The van der Waals surface area contributed by atoms with Gasteiger partial charge in [0.2, 0.25) is 0 Å². The number of hydrogen-bond acceptors (Lipinski definition) is 2. The molecule has 1 aliphatic rings. The van der Waals surface area contributed by atoms with E-state index >= 15 is 0 Å². The summed E-state index contributed by atoms with van der Waals surface area (Å²) in [5.41, 5.74) is 1.93.